The summed E-state index contributed by atoms with van der Waals surface area (Å²) in [7, 11) is 0. The van der Waals surface area contributed by atoms with Crippen LogP contribution in [0.25, 0.3) is 22.2 Å². The van der Waals surface area contributed by atoms with Crippen LogP contribution in [0.5, 0.6) is 0 Å². The van der Waals surface area contributed by atoms with Gasteiger partial charge < -0.3 is 4.84 Å². The molecule has 4 rings (SSSR count). The summed E-state index contributed by atoms with van der Waals surface area (Å²) in [6, 6.07) is 28.8. The minimum Gasteiger partial charge on any atom is -0.330 e. The molecule has 3 nitrogen and oxygen atoms in total. The van der Waals surface area contributed by atoms with E-state index in [4.69, 9.17) is 4.84 Å². The molecule has 3 aromatic carbocycles. The largest absolute Gasteiger partial charge is 0.363 e. The molecular weight excluding hydrogens is 298 g/mol. The van der Waals surface area contributed by atoms with E-state index in [9.17, 15) is 4.79 Å². The summed E-state index contributed by atoms with van der Waals surface area (Å²) in [5.74, 6) is -0.380. The maximum absolute atomic E-state index is 12.5. The van der Waals surface area contributed by atoms with Crippen LogP contribution in [0.2, 0.25) is 0 Å². The SMILES string of the molecule is O=C(On1c(-c2ccccc2)cc2ccccc21)c1ccccc1. The Morgan fingerprint density at radius 1 is 0.750 bits per heavy atom. The number of hydrogen-bond acceptors (Lipinski definition) is 2. The van der Waals surface area contributed by atoms with Crippen molar-refractivity contribution in [1.82, 2.24) is 4.73 Å². The number of carbonyl (C=O) groups excluding carboxylic acids is 1. The van der Waals surface area contributed by atoms with Gasteiger partial charge in [-0.1, -0.05) is 66.7 Å². The topological polar surface area (TPSA) is 31.2 Å². The van der Waals surface area contributed by atoms with Crippen LogP contribution in [-0.4, -0.2) is 10.7 Å². The Hall–Kier alpha value is -3.33. The number of nitrogens with zero attached hydrogens (tertiary/aromatic N) is 1. The van der Waals surface area contributed by atoms with Crippen LogP contribution in [-0.2, 0) is 0 Å². The molecule has 0 aliphatic rings. The highest BCUT2D eigenvalue weighted by Gasteiger charge is 2.15. The van der Waals surface area contributed by atoms with Crippen molar-refractivity contribution in [3.8, 4) is 11.3 Å². The second-order valence-corrected chi connectivity index (χ2v) is 5.49. The summed E-state index contributed by atoms with van der Waals surface area (Å²) < 4.78 is 1.61. The number of rotatable bonds is 3. The predicted molar refractivity (Wildman–Crippen MR) is 94.7 cm³/mol. The zero-order chi connectivity index (χ0) is 16.4. The molecule has 0 N–H and O–H groups in total. The van der Waals surface area contributed by atoms with E-state index in [1.54, 1.807) is 16.9 Å². The molecule has 4 aromatic rings. The quantitative estimate of drug-likeness (QED) is 0.554. The fourth-order valence-corrected chi connectivity index (χ4v) is 2.75. The molecule has 0 aliphatic heterocycles. The molecule has 0 bridgehead atoms. The third-order valence-corrected chi connectivity index (χ3v) is 3.92. The van der Waals surface area contributed by atoms with Crippen LogP contribution in [0.15, 0.2) is 91.0 Å². The number of carbonyl (C=O) groups is 1. The number of aromatic nitrogens is 1. The lowest BCUT2D eigenvalue weighted by molar-refractivity contribution is 0.0490. The molecule has 0 unspecified atom stereocenters. The van der Waals surface area contributed by atoms with Gasteiger partial charge in [0.1, 0.15) is 0 Å². The Kier molecular flexibility index (Phi) is 3.60. The van der Waals surface area contributed by atoms with Crippen LogP contribution in [0, 0.1) is 0 Å². The van der Waals surface area contributed by atoms with E-state index in [0.717, 1.165) is 22.2 Å². The molecule has 116 valence electrons. The van der Waals surface area contributed by atoms with Crippen molar-refractivity contribution < 1.29 is 9.63 Å². The van der Waals surface area contributed by atoms with E-state index in [2.05, 4.69) is 0 Å². The van der Waals surface area contributed by atoms with E-state index in [1.807, 2.05) is 78.9 Å². The van der Waals surface area contributed by atoms with E-state index < -0.39 is 0 Å². The predicted octanol–water partition coefficient (Wildman–Crippen LogP) is 4.58. The van der Waals surface area contributed by atoms with E-state index in [0.29, 0.717) is 5.56 Å². The third-order valence-electron chi connectivity index (χ3n) is 3.92. The van der Waals surface area contributed by atoms with Crippen molar-refractivity contribution in [2.24, 2.45) is 0 Å². The van der Waals surface area contributed by atoms with Crippen LogP contribution in [0.3, 0.4) is 0 Å². The van der Waals surface area contributed by atoms with Crippen LogP contribution >= 0.6 is 0 Å². The third kappa shape index (κ3) is 2.57. The minimum atomic E-state index is -0.380. The lowest BCUT2D eigenvalue weighted by Gasteiger charge is -2.11. The van der Waals surface area contributed by atoms with E-state index >= 15 is 0 Å². The summed E-state index contributed by atoms with van der Waals surface area (Å²) in [5.41, 5.74) is 3.23. The smallest absolute Gasteiger partial charge is 0.330 e. The Labute approximate surface area is 139 Å². The van der Waals surface area contributed by atoms with Gasteiger partial charge in [0.05, 0.1) is 16.8 Å². The van der Waals surface area contributed by atoms with Gasteiger partial charge in [-0.15, -0.1) is 0 Å². The molecule has 0 amide bonds. The fraction of sp³-hybridized carbons (Fsp3) is 0. The van der Waals surface area contributed by atoms with E-state index in [1.165, 1.54) is 0 Å². The first-order valence-corrected chi connectivity index (χ1v) is 7.76. The van der Waals surface area contributed by atoms with Gasteiger partial charge in [-0.25, -0.2) is 4.79 Å². The maximum Gasteiger partial charge on any atom is 0.363 e. The summed E-state index contributed by atoms with van der Waals surface area (Å²) in [4.78, 5) is 18.2. The first-order valence-electron chi connectivity index (χ1n) is 7.76. The fourth-order valence-electron chi connectivity index (χ4n) is 2.75. The van der Waals surface area contributed by atoms with Crippen molar-refractivity contribution >= 4 is 16.9 Å². The number of benzene rings is 3. The van der Waals surface area contributed by atoms with Crippen molar-refractivity contribution in [2.75, 3.05) is 0 Å². The normalized spacial score (nSPS) is 10.7. The van der Waals surface area contributed by atoms with Crippen LogP contribution < -0.4 is 4.84 Å². The lowest BCUT2D eigenvalue weighted by Crippen LogP contribution is -2.20. The van der Waals surface area contributed by atoms with Gasteiger partial charge in [-0.3, -0.25) is 0 Å². The zero-order valence-electron chi connectivity index (χ0n) is 12.9. The molecule has 0 atom stereocenters. The van der Waals surface area contributed by atoms with Gasteiger partial charge in [0.15, 0.2) is 0 Å². The van der Waals surface area contributed by atoms with Gasteiger partial charge in [0, 0.05) is 10.9 Å². The van der Waals surface area contributed by atoms with Crippen LogP contribution in [0.1, 0.15) is 10.4 Å². The van der Waals surface area contributed by atoms with Gasteiger partial charge in [-0.2, -0.15) is 4.73 Å². The van der Waals surface area contributed by atoms with Crippen molar-refractivity contribution in [3.05, 3.63) is 96.6 Å². The molecule has 24 heavy (non-hydrogen) atoms. The Morgan fingerprint density at radius 3 is 2.12 bits per heavy atom. The molecule has 0 saturated carbocycles. The van der Waals surface area contributed by atoms with E-state index in [-0.39, 0.29) is 5.97 Å². The summed E-state index contributed by atoms with van der Waals surface area (Å²) in [5, 5.41) is 1.03. The maximum atomic E-state index is 12.5. The Morgan fingerprint density at radius 2 is 1.38 bits per heavy atom. The van der Waals surface area contributed by atoms with Crippen LogP contribution in [0.4, 0.5) is 0 Å². The van der Waals surface area contributed by atoms with Gasteiger partial charge in [0.25, 0.3) is 0 Å². The first kappa shape index (κ1) is 14.3. The standard InChI is InChI=1S/C21H15NO2/c23-21(17-11-5-2-6-12-17)24-22-19-14-8-7-13-18(19)15-20(22)16-9-3-1-4-10-16/h1-15H. The molecular formula is C21H15NO2. The highest BCUT2D eigenvalue weighted by atomic mass is 16.7. The molecule has 0 fully saturated rings. The van der Waals surface area contributed by atoms with Crippen molar-refractivity contribution in [2.45, 2.75) is 0 Å². The molecule has 1 aromatic heterocycles. The lowest BCUT2D eigenvalue weighted by atomic mass is 10.1. The molecule has 0 spiro atoms. The highest BCUT2D eigenvalue weighted by molar-refractivity contribution is 5.92. The van der Waals surface area contributed by atoms with Crippen molar-refractivity contribution in [3.63, 3.8) is 0 Å². The number of fused-ring (bicyclic) bond motifs is 1. The monoisotopic (exact) mass is 313 g/mol. The molecule has 1 heterocycles. The first-order chi connectivity index (χ1) is 11.8. The van der Waals surface area contributed by atoms with Gasteiger partial charge >= 0.3 is 5.97 Å². The summed E-state index contributed by atoms with van der Waals surface area (Å²) in [6.07, 6.45) is 0. The summed E-state index contributed by atoms with van der Waals surface area (Å²) >= 11 is 0. The van der Waals surface area contributed by atoms with Gasteiger partial charge in [0.2, 0.25) is 0 Å². The Bertz CT molecular complexity index is 988. The summed E-state index contributed by atoms with van der Waals surface area (Å²) in [6.45, 7) is 0. The Balaban J connectivity index is 1.83. The highest BCUT2D eigenvalue weighted by Crippen LogP contribution is 2.27. The zero-order valence-corrected chi connectivity index (χ0v) is 12.9. The average Bonchev–Trinajstić information content (AvgIpc) is 3.02. The minimum absolute atomic E-state index is 0.380. The second kappa shape index (κ2) is 6.05. The molecule has 0 radical (unpaired) electrons. The average molecular weight is 313 g/mol. The molecule has 0 saturated heterocycles. The number of para-hydroxylation sites is 1. The molecule has 0 aliphatic carbocycles. The van der Waals surface area contributed by atoms with Gasteiger partial charge in [-0.05, 0) is 24.3 Å². The molecule has 3 heteroatoms. The second-order valence-electron chi connectivity index (χ2n) is 5.49. The van der Waals surface area contributed by atoms with Crippen molar-refractivity contribution in [1.29, 1.82) is 0 Å². The number of hydrogen-bond donors (Lipinski definition) is 0.